The molecule has 3 fully saturated rings. The molecule has 1 nitrogen and oxygen atoms in total. The monoisotopic (exact) mass is 426 g/mol. The Labute approximate surface area is 193 Å². The first-order valence-corrected chi connectivity index (χ1v) is 13.6. The molecule has 0 saturated heterocycles. The second-order valence-corrected chi connectivity index (χ2v) is 13.1. The molecule has 3 saturated carbocycles. The van der Waals surface area contributed by atoms with Crippen molar-refractivity contribution in [2.75, 3.05) is 0 Å². The number of rotatable bonds is 4. The number of allylic oxidation sites excluding steroid dienone is 3. The summed E-state index contributed by atoms with van der Waals surface area (Å²) in [5.74, 6) is 5.60. The van der Waals surface area contributed by atoms with Crippen molar-refractivity contribution in [2.45, 2.75) is 113 Å². The van der Waals surface area contributed by atoms with Gasteiger partial charge in [0.25, 0.3) is 0 Å². The van der Waals surface area contributed by atoms with Crippen molar-refractivity contribution in [3.63, 3.8) is 0 Å². The van der Waals surface area contributed by atoms with Gasteiger partial charge in [-0.05, 0) is 117 Å². The van der Waals surface area contributed by atoms with Crippen molar-refractivity contribution in [2.24, 2.45) is 52.3 Å². The molecule has 176 valence electrons. The van der Waals surface area contributed by atoms with Gasteiger partial charge in [-0.15, -0.1) is 0 Å². The summed E-state index contributed by atoms with van der Waals surface area (Å²) in [6, 6.07) is 0. The van der Waals surface area contributed by atoms with E-state index in [-0.39, 0.29) is 6.10 Å². The van der Waals surface area contributed by atoms with Crippen LogP contribution in [-0.2, 0) is 0 Å². The van der Waals surface area contributed by atoms with Crippen LogP contribution in [-0.4, -0.2) is 11.2 Å². The van der Waals surface area contributed by atoms with Crippen LogP contribution < -0.4 is 0 Å². The Kier molecular flexibility index (Phi) is 6.35. The van der Waals surface area contributed by atoms with E-state index in [0.717, 1.165) is 42.4 Å². The third-order valence-electron chi connectivity index (χ3n) is 11.7. The lowest BCUT2D eigenvalue weighted by atomic mass is 9.47. The lowest BCUT2D eigenvalue weighted by Gasteiger charge is -2.58. The largest absolute Gasteiger partial charge is 0.393 e. The zero-order valence-electron chi connectivity index (χ0n) is 21.8. The first-order valence-electron chi connectivity index (χ1n) is 13.6. The van der Waals surface area contributed by atoms with E-state index >= 15 is 0 Å². The highest BCUT2D eigenvalue weighted by Gasteiger charge is 2.59. The molecule has 31 heavy (non-hydrogen) atoms. The number of hydrogen-bond donors (Lipinski definition) is 1. The van der Waals surface area contributed by atoms with E-state index < -0.39 is 0 Å². The van der Waals surface area contributed by atoms with Gasteiger partial charge in [-0.3, -0.25) is 0 Å². The fourth-order valence-electron chi connectivity index (χ4n) is 9.02. The van der Waals surface area contributed by atoms with Gasteiger partial charge in [0.2, 0.25) is 0 Å². The number of hydrogen-bond acceptors (Lipinski definition) is 1. The molecular weight excluding hydrogens is 376 g/mol. The zero-order valence-corrected chi connectivity index (χ0v) is 21.8. The van der Waals surface area contributed by atoms with E-state index in [1.165, 1.54) is 38.5 Å². The van der Waals surface area contributed by atoms with Crippen molar-refractivity contribution in [3.05, 3.63) is 22.8 Å². The lowest BCUT2D eigenvalue weighted by Crippen LogP contribution is -2.50. The van der Waals surface area contributed by atoms with Crippen LogP contribution in [0.15, 0.2) is 22.8 Å². The molecule has 0 aromatic carbocycles. The Hall–Kier alpha value is -0.560. The van der Waals surface area contributed by atoms with Crippen LogP contribution in [0, 0.1) is 52.3 Å². The van der Waals surface area contributed by atoms with Crippen molar-refractivity contribution in [3.8, 4) is 0 Å². The summed E-state index contributed by atoms with van der Waals surface area (Å²) < 4.78 is 0. The first kappa shape index (κ1) is 23.6. The molecular formula is C30H50O. The summed E-state index contributed by atoms with van der Waals surface area (Å²) in [4.78, 5) is 0. The molecule has 0 amide bonds. The summed E-state index contributed by atoms with van der Waals surface area (Å²) in [5, 5.41) is 10.3. The summed E-state index contributed by atoms with van der Waals surface area (Å²) in [6.45, 7) is 19.8. The minimum atomic E-state index is -0.0901. The summed E-state index contributed by atoms with van der Waals surface area (Å²) in [7, 11) is 0. The van der Waals surface area contributed by atoms with Crippen molar-refractivity contribution < 1.29 is 5.11 Å². The molecule has 9 atom stereocenters. The van der Waals surface area contributed by atoms with Crippen LogP contribution >= 0.6 is 0 Å². The van der Waals surface area contributed by atoms with Gasteiger partial charge in [-0.2, -0.15) is 0 Å². The van der Waals surface area contributed by atoms with Crippen molar-refractivity contribution in [1.82, 2.24) is 0 Å². The molecule has 4 rings (SSSR count). The second-order valence-electron chi connectivity index (χ2n) is 13.1. The Morgan fingerprint density at radius 1 is 0.935 bits per heavy atom. The van der Waals surface area contributed by atoms with Gasteiger partial charge >= 0.3 is 0 Å². The van der Waals surface area contributed by atoms with Gasteiger partial charge in [-0.25, -0.2) is 0 Å². The number of fused-ring (bicyclic) bond motifs is 5. The summed E-state index contributed by atoms with van der Waals surface area (Å²) in [6.07, 6.45) is 12.6. The molecule has 0 aliphatic heterocycles. The summed E-state index contributed by atoms with van der Waals surface area (Å²) in [5.41, 5.74) is 5.83. The van der Waals surface area contributed by atoms with Crippen LogP contribution in [0.2, 0.25) is 0 Å². The topological polar surface area (TPSA) is 20.2 Å². The highest BCUT2D eigenvalue weighted by Crippen LogP contribution is 2.67. The SMILES string of the molecule is C/C(=C(/C)C(C)C1CC[C@H]2C3CC=C4C[C@@H](O)CC[C@]4(C)C3CC[C@]12C)C(C)C(C)C. The van der Waals surface area contributed by atoms with E-state index in [0.29, 0.717) is 22.7 Å². The zero-order chi connectivity index (χ0) is 22.7. The first-order chi connectivity index (χ1) is 14.5. The molecule has 4 aliphatic rings. The van der Waals surface area contributed by atoms with Crippen LogP contribution in [0.25, 0.3) is 0 Å². The minimum Gasteiger partial charge on any atom is -0.393 e. The number of aliphatic hydroxyl groups is 1. The van der Waals surface area contributed by atoms with Gasteiger partial charge in [0.1, 0.15) is 0 Å². The smallest absolute Gasteiger partial charge is 0.0577 e. The average molecular weight is 427 g/mol. The molecule has 1 heteroatoms. The van der Waals surface area contributed by atoms with Crippen LogP contribution in [0.3, 0.4) is 0 Å². The molecule has 0 radical (unpaired) electrons. The van der Waals surface area contributed by atoms with Crippen molar-refractivity contribution >= 4 is 0 Å². The van der Waals surface area contributed by atoms with Crippen LogP contribution in [0.1, 0.15) is 107 Å². The fraction of sp³-hybridized carbons (Fsp3) is 0.867. The van der Waals surface area contributed by atoms with E-state index in [4.69, 9.17) is 0 Å². The van der Waals surface area contributed by atoms with Crippen LogP contribution in [0.4, 0.5) is 0 Å². The fourth-order valence-corrected chi connectivity index (χ4v) is 9.02. The normalized spacial score (nSPS) is 45.2. The third-order valence-corrected chi connectivity index (χ3v) is 11.7. The van der Waals surface area contributed by atoms with Crippen LogP contribution in [0.5, 0.6) is 0 Å². The lowest BCUT2D eigenvalue weighted by molar-refractivity contribution is -0.0547. The maximum Gasteiger partial charge on any atom is 0.0577 e. The molecule has 0 aromatic rings. The van der Waals surface area contributed by atoms with Crippen molar-refractivity contribution in [1.29, 1.82) is 0 Å². The Balaban J connectivity index is 1.58. The Morgan fingerprint density at radius 2 is 1.65 bits per heavy atom. The van der Waals surface area contributed by atoms with E-state index in [1.807, 2.05) is 0 Å². The standard InChI is InChI=1S/C30H50O/c1-18(2)19(3)20(4)21(5)22(6)26-11-12-27-25-10-9-23-17-24(31)13-15-29(23,7)28(25)14-16-30(26,27)8/h9,18-19,22,24-28,31H,10-17H2,1-8H3/b21-20+/t19?,22?,24-,25?,26?,27-,28?,29-,30+/m0/s1. The molecule has 0 heterocycles. The van der Waals surface area contributed by atoms with E-state index in [1.54, 1.807) is 16.7 Å². The molecule has 0 bridgehead atoms. The van der Waals surface area contributed by atoms with Gasteiger partial charge in [0.05, 0.1) is 6.10 Å². The molecule has 1 N–H and O–H groups in total. The van der Waals surface area contributed by atoms with Gasteiger partial charge in [0.15, 0.2) is 0 Å². The Bertz CT molecular complexity index is 744. The summed E-state index contributed by atoms with van der Waals surface area (Å²) >= 11 is 0. The quantitative estimate of drug-likeness (QED) is 0.449. The molecule has 4 aliphatic carbocycles. The molecule has 0 aromatic heterocycles. The average Bonchev–Trinajstić information content (AvgIpc) is 3.09. The third kappa shape index (κ3) is 3.70. The van der Waals surface area contributed by atoms with Gasteiger partial charge < -0.3 is 5.11 Å². The maximum absolute atomic E-state index is 10.3. The number of aliphatic hydroxyl groups excluding tert-OH is 1. The predicted molar refractivity (Wildman–Crippen MR) is 133 cm³/mol. The molecule has 0 spiro atoms. The minimum absolute atomic E-state index is 0.0901. The Morgan fingerprint density at radius 3 is 2.32 bits per heavy atom. The molecule has 5 unspecified atom stereocenters. The van der Waals surface area contributed by atoms with E-state index in [9.17, 15) is 5.11 Å². The highest BCUT2D eigenvalue weighted by atomic mass is 16.3. The predicted octanol–water partition coefficient (Wildman–Crippen LogP) is 8.19. The maximum atomic E-state index is 10.3. The second kappa shape index (κ2) is 8.34. The highest BCUT2D eigenvalue weighted by molar-refractivity contribution is 5.26. The van der Waals surface area contributed by atoms with E-state index in [2.05, 4.69) is 61.5 Å². The van der Waals surface area contributed by atoms with Gasteiger partial charge in [0, 0.05) is 0 Å². The van der Waals surface area contributed by atoms with Gasteiger partial charge in [-0.1, -0.05) is 64.3 Å².